The molecule has 0 atom stereocenters. The summed E-state index contributed by atoms with van der Waals surface area (Å²) in [6, 6.07) is 10.2. The number of hydrogen-bond donors (Lipinski definition) is 1. The van der Waals surface area contributed by atoms with Gasteiger partial charge in [-0.2, -0.15) is 5.10 Å². The number of rotatable bonds is 4. The number of nitrogens with one attached hydrogen (secondary N) is 1. The van der Waals surface area contributed by atoms with E-state index in [2.05, 4.69) is 26.5 Å². The van der Waals surface area contributed by atoms with E-state index in [0.717, 1.165) is 8.66 Å². The summed E-state index contributed by atoms with van der Waals surface area (Å²) in [7, 11) is 0. The van der Waals surface area contributed by atoms with E-state index in [-0.39, 0.29) is 5.69 Å². The number of halogens is 1. The second kappa shape index (κ2) is 5.74. The SMILES string of the molecule is O=[N+]([O-])c1ccccc1N/N=C\c1ccc(Br)s1. The van der Waals surface area contributed by atoms with Gasteiger partial charge in [-0.3, -0.25) is 15.5 Å². The molecule has 0 bridgehead atoms. The van der Waals surface area contributed by atoms with Crippen LogP contribution in [0.25, 0.3) is 0 Å². The molecule has 0 spiro atoms. The molecule has 0 aliphatic heterocycles. The molecule has 0 fully saturated rings. The average molecular weight is 326 g/mol. The lowest BCUT2D eigenvalue weighted by Crippen LogP contribution is -1.96. The molecule has 2 rings (SSSR count). The number of benzene rings is 1. The molecule has 1 aromatic heterocycles. The van der Waals surface area contributed by atoms with Gasteiger partial charge in [0.2, 0.25) is 0 Å². The van der Waals surface area contributed by atoms with Gasteiger partial charge in [-0.1, -0.05) is 12.1 Å². The molecule has 0 saturated heterocycles. The molecule has 92 valence electrons. The van der Waals surface area contributed by atoms with Gasteiger partial charge in [0.25, 0.3) is 5.69 Å². The van der Waals surface area contributed by atoms with Gasteiger partial charge in [0.05, 0.1) is 14.9 Å². The third kappa shape index (κ3) is 3.14. The Kier molecular flexibility index (Phi) is 4.06. The van der Waals surface area contributed by atoms with Crippen LogP contribution in [0.4, 0.5) is 11.4 Å². The van der Waals surface area contributed by atoms with Crippen molar-refractivity contribution in [3.8, 4) is 0 Å². The molecule has 1 aromatic carbocycles. The predicted octanol–water partition coefficient (Wildman–Crippen LogP) is 3.86. The smallest absolute Gasteiger partial charge is 0.272 e. The van der Waals surface area contributed by atoms with Crippen molar-refractivity contribution in [3.63, 3.8) is 0 Å². The third-order valence-corrected chi connectivity index (χ3v) is 3.63. The van der Waals surface area contributed by atoms with Crippen LogP contribution in [0.5, 0.6) is 0 Å². The molecule has 0 aliphatic rings. The summed E-state index contributed by atoms with van der Waals surface area (Å²) in [5.41, 5.74) is 3.04. The first-order valence-corrected chi connectivity index (χ1v) is 6.55. The molecular formula is C11H8BrN3O2S. The van der Waals surface area contributed by atoms with Crippen molar-refractivity contribution in [3.05, 3.63) is 55.2 Å². The summed E-state index contributed by atoms with van der Waals surface area (Å²) in [5, 5.41) is 14.7. The lowest BCUT2D eigenvalue weighted by molar-refractivity contribution is -0.384. The van der Waals surface area contributed by atoms with Crippen LogP contribution in [0.1, 0.15) is 4.88 Å². The van der Waals surface area contributed by atoms with E-state index in [1.165, 1.54) is 17.4 Å². The van der Waals surface area contributed by atoms with Crippen molar-refractivity contribution in [2.45, 2.75) is 0 Å². The van der Waals surface area contributed by atoms with Gasteiger partial charge in [0.15, 0.2) is 0 Å². The van der Waals surface area contributed by atoms with E-state index in [1.807, 2.05) is 12.1 Å². The maximum atomic E-state index is 10.8. The normalized spacial score (nSPS) is 10.7. The number of hydrogen-bond acceptors (Lipinski definition) is 5. The summed E-state index contributed by atoms with van der Waals surface area (Å²) >= 11 is 4.87. The Morgan fingerprint density at radius 3 is 2.78 bits per heavy atom. The molecule has 2 aromatic rings. The second-order valence-corrected chi connectivity index (χ2v) is 5.78. The minimum absolute atomic E-state index is 0.00186. The molecule has 0 aliphatic carbocycles. The maximum Gasteiger partial charge on any atom is 0.294 e. The van der Waals surface area contributed by atoms with E-state index >= 15 is 0 Å². The molecule has 7 heteroatoms. The van der Waals surface area contributed by atoms with Gasteiger partial charge in [-0.05, 0) is 34.1 Å². The molecule has 1 N–H and O–H groups in total. The highest BCUT2D eigenvalue weighted by molar-refractivity contribution is 9.11. The van der Waals surface area contributed by atoms with Gasteiger partial charge in [0, 0.05) is 10.9 Å². The Labute approximate surface area is 115 Å². The molecule has 5 nitrogen and oxygen atoms in total. The van der Waals surface area contributed by atoms with Gasteiger partial charge in [0.1, 0.15) is 5.69 Å². The molecular weight excluding hydrogens is 318 g/mol. The number of nitrogens with zero attached hydrogens (tertiary/aromatic N) is 2. The van der Waals surface area contributed by atoms with E-state index in [9.17, 15) is 10.1 Å². The molecule has 18 heavy (non-hydrogen) atoms. The van der Waals surface area contributed by atoms with Crippen LogP contribution in [0.15, 0.2) is 45.3 Å². The number of hydrazone groups is 1. The average Bonchev–Trinajstić information content (AvgIpc) is 2.75. The van der Waals surface area contributed by atoms with Gasteiger partial charge < -0.3 is 0 Å². The highest BCUT2D eigenvalue weighted by Crippen LogP contribution is 2.23. The van der Waals surface area contributed by atoms with Crippen LogP contribution in [-0.4, -0.2) is 11.1 Å². The van der Waals surface area contributed by atoms with Crippen LogP contribution in [0.2, 0.25) is 0 Å². The number of nitro groups is 1. The lowest BCUT2D eigenvalue weighted by Gasteiger charge is -2.00. The quantitative estimate of drug-likeness (QED) is 0.527. The largest absolute Gasteiger partial charge is 0.294 e. The Balaban J connectivity index is 2.11. The number of para-hydroxylation sites is 2. The second-order valence-electron chi connectivity index (χ2n) is 3.29. The highest BCUT2D eigenvalue weighted by Gasteiger charge is 2.10. The van der Waals surface area contributed by atoms with E-state index in [1.54, 1.807) is 24.4 Å². The lowest BCUT2D eigenvalue weighted by atomic mass is 10.3. The molecule has 1 heterocycles. The fourth-order valence-electron chi connectivity index (χ4n) is 1.29. The van der Waals surface area contributed by atoms with Crippen LogP contribution in [0, 0.1) is 10.1 Å². The van der Waals surface area contributed by atoms with Crippen molar-refractivity contribution in [1.82, 2.24) is 0 Å². The first-order valence-electron chi connectivity index (χ1n) is 4.94. The Bertz CT molecular complexity index is 597. The van der Waals surface area contributed by atoms with Crippen LogP contribution in [0.3, 0.4) is 0 Å². The molecule has 0 amide bonds. The summed E-state index contributed by atoms with van der Waals surface area (Å²) in [4.78, 5) is 11.3. The van der Waals surface area contributed by atoms with E-state index < -0.39 is 4.92 Å². The van der Waals surface area contributed by atoms with E-state index in [4.69, 9.17) is 0 Å². The Morgan fingerprint density at radius 1 is 1.33 bits per heavy atom. The maximum absolute atomic E-state index is 10.8. The van der Waals surface area contributed by atoms with Gasteiger partial charge in [-0.25, -0.2) is 0 Å². The Hall–Kier alpha value is -1.73. The zero-order chi connectivity index (χ0) is 13.0. The molecule has 0 saturated carbocycles. The van der Waals surface area contributed by atoms with Crippen LogP contribution < -0.4 is 5.43 Å². The molecule has 0 unspecified atom stereocenters. The zero-order valence-corrected chi connectivity index (χ0v) is 11.4. The molecule has 0 radical (unpaired) electrons. The summed E-state index contributed by atoms with van der Waals surface area (Å²) < 4.78 is 1.01. The first kappa shape index (κ1) is 12.7. The number of anilines is 1. The topological polar surface area (TPSA) is 67.5 Å². The monoisotopic (exact) mass is 325 g/mol. The standard InChI is InChI=1S/C11H8BrN3O2S/c12-11-6-5-8(18-11)7-13-14-9-3-1-2-4-10(9)15(16)17/h1-7,14H/b13-7-. The summed E-state index contributed by atoms with van der Waals surface area (Å²) in [5.74, 6) is 0. The number of nitro benzene ring substituents is 1. The highest BCUT2D eigenvalue weighted by atomic mass is 79.9. The number of thiophene rings is 1. The predicted molar refractivity (Wildman–Crippen MR) is 76.3 cm³/mol. The zero-order valence-electron chi connectivity index (χ0n) is 9.04. The van der Waals surface area contributed by atoms with Crippen molar-refractivity contribution < 1.29 is 4.92 Å². The van der Waals surface area contributed by atoms with Gasteiger partial charge >= 0.3 is 0 Å². The van der Waals surface area contributed by atoms with Crippen molar-refractivity contribution in [2.24, 2.45) is 5.10 Å². The minimum Gasteiger partial charge on any atom is -0.272 e. The Morgan fingerprint density at radius 2 is 2.11 bits per heavy atom. The van der Waals surface area contributed by atoms with Crippen molar-refractivity contribution >= 4 is 44.9 Å². The van der Waals surface area contributed by atoms with E-state index in [0.29, 0.717) is 5.69 Å². The van der Waals surface area contributed by atoms with Crippen LogP contribution >= 0.6 is 27.3 Å². The first-order chi connectivity index (χ1) is 8.66. The van der Waals surface area contributed by atoms with Gasteiger partial charge in [-0.15, -0.1) is 11.3 Å². The van der Waals surface area contributed by atoms with Crippen molar-refractivity contribution in [2.75, 3.05) is 5.43 Å². The van der Waals surface area contributed by atoms with Crippen molar-refractivity contribution in [1.29, 1.82) is 0 Å². The minimum atomic E-state index is -0.445. The third-order valence-electron chi connectivity index (χ3n) is 2.07. The summed E-state index contributed by atoms with van der Waals surface area (Å²) in [6.45, 7) is 0. The van der Waals surface area contributed by atoms with Crippen LogP contribution in [-0.2, 0) is 0 Å². The fraction of sp³-hybridized carbons (Fsp3) is 0. The summed E-state index contributed by atoms with van der Waals surface area (Å²) in [6.07, 6.45) is 1.62. The fourth-order valence-corrected chi connectivity index (χ4v) is 2.59.